The van der Waals surface area contributed by atoms with Gasteiger partial charge in [-0.2, -0.15) is 8.42 Å². The minimum absolute atomic E-state index is 0.126. The molecule has 4 aliphatic heterocycles. The molecule has 4 aliphatic rings. The fraction of sp³-hybridized carbons (Fsp3) is 0.644. The molecule has 0 radical (unpaired) electrons. The summed E-state index contributed by atoms with van der Waals surface area (Å²) in [5.41, 5.74) is 0.880. The zero-order chi connectivity index (χ0) is 46.4. The van der Waals surface area contributed by atoms with Crippen LogP contribution in [0.5, 0.6) is 0 Å². The quantitative estimate of drug-likeness (QED) is 0.256. The van der Waals surface area contributed by atoms with E-state index >= 15 is 0 Å². The van der Waals surface area contributed by atoms with Gasteiger partial charge in [0.15, 0.2) is 0 Å². The Kier molecular flexibility index (Phi) is 19.8. The first kappa shape index (κ1) is 52.0. The topological polar surface area (TPSA) is 170 Å². The number of hydrogen-bond donors (Lipinski definition) is 1. The van der Waals surface area contributed by atoms with Gasteiger partial charge in [-0.3, -0.25) is 23.6 Å². The molecule has 352 valence electrons. The number of carbonyl (C=O) groups is 4. The standard InChI is InChI=1S/C22H31ClN2O4.C18H26ClNO6S.C5H9NO/c1-22(2,3)29-21(27)25-14-19(13-24-11-5-4-6-20(24)26)28-15-18(25)12-16-7-9-17(23)10-8-16;1-18(2,3)26-17(21)20-10-16(12-25-27(4,22)23)24-11-15(20)9-13-5-7-14(19)8-6-13;7-5-3-1-2-4-6-5/h7-10,18-19H,4-6,11-15H2,1-3H3;5-8,15-16H,9-12H2,1-4H3;1-4H2,(H,6,7)/t18-,19-;15-,16+;/m00./s1. The SMILES string of the molecule is CC(C)(C)OC(=O)N1C[C@H](CN2CCCCC2=O)OC[C@@H]1Cc1ccc(Cl)cc1.CC(C)(C)OC(=O)N1C[C@H](COS(C)(=O)=O)OC[C@@H]1Cc1ccc(Cl)cc1.O=C1CCCCN1. The summed E-state index contributed by atoms with van der Waals surface area (Å²) in [5.74, 6) is 0.387. The molecule has 2 aromatic rings. The molecule has 4 heterocycles. The van der Waals surface area contributed by atoms with Crippen LogP contribution >= 0.6 is 23.2 Å². The number of halogens is 2. The zero-order valence-electron chi connectivity index (χ0n) is 37.7. The Bertz CT molecular complexity index is 1900. The number of likely N-dealkylation sites (tertiary alicyclic amines) is 1. The summed E-state index contributed by atoms with van der Waals surface area (Å²) in [6.07, 6.45) is 6.19. The number of ether oxygens (including phenoxy) is 4. The highest BCUT2D eigenvalue weighted by atomic mass is 35.5. The van der Waals surface area contributed by atoms with E-state index in [0.29, 0.717) is 49.0 Å². The van der Waals surface area contributed by atoms with Crippen LogP contribution in [0, 0.1) is 0 Å². The first-order chi connectivity index (χ1) is 29.5. The van der Waals surface area contributed by atoms with Gasteiger partial charge in [0.1, 0.15) is 17.3 Å². The van der Waals surface area contributed by atoms with Gasteiger partial charge in [-0.15, -0.1) is 0 Å². The summed E-state index contributed by atoms with van der Waals surface area (Å²) in [6, 6.07) is 14.6. The number of piperidine rings is 2. The van der Waals surface area contributed by atoms with E-state index in [1.54, 1.807) is 42.7 Å². The van der Waals surface area contributed by atoms with E-state index in [4.69, 9.17) is 46.3 Å². The van der Waals surface area contributed by atoms with Crippen molar-refractivity contribution in [2.45, 2.75) is 128 Å². The molecule has 4 fully saturated rings. The Morgan fingerprint density at radius 3 is 1.62 bits per heavy atom. The van der Waals surface area contributed by atoms with Crippen LogP contribution in [0.4, 0.5) is 9.59 Å². The maximum Gasteiger partial charge on any atom is 0.410 e. The predicted octanol–water partition coefficient (Wildman–Crippen LogP) is 7.05. The minimum Gasteiger partial charge on any atom is -0.444 e. The molecular weight excluding hydrogens is 875 g/mol. The number of morpholine rings is 2. The third-order valence-electron chi connectivity index (χ3n) is 10.2. The fourth-order valence-electron chi connectivity index (χ4n) is 7.17. The summed E-state index contributed by atoms with van der Waals surface area (Å²) in [6.45, 7) is 14.3. The maximum absolute atomic E-state index is 12.9. The van der Waals surface area contributed by atoms with E-state index in [1.807, 2.05) is 62.1 Å². The first-order valence-corrected chi connectivity index (χ1v) is 24.2. The number of nitrogens with one attached hydrogen (secondary N) is 1. The lowest BCUT2D eigenvalue weighted by molar-refractivity contribution is -0.137. The van der Waals surface area contributed by atoms with Crippen molar-refractivity contribution >= 4 is 57.3 Å². The van der Waals surface area contributed by atoms with Gasteiger partial charge < -0.3 is 29.2 Å². The largest absolute Gasteiger partial charge is 0.444 e. The van der Waals surface area contributed by atoms with Gasteiger partial charge in [0.2, 0.25) is 11.8 Å². The summed E-state index contributed by atoms with van der Waals surface area (Å²) in [4.78, 5) is 53.3. The van der Waals surface area contributed by atoms with Gasteiger partial charge in [0.05, 0.1) is 57.4 Å². The van der Waals surface area contributed by atoms with E-state index in [2.05, 4.69) is 5.32 Å². The maximum atomic E-state index is 12.9. The van der Waals surface area contributed by atoms with E-state index < -0.39 is 33.5 Å². The summed E-state index contributed by atoms with van der Waals surface area (Å²) >= 11 is 11.9. The molecule has 0 unspecified atom stereocenters. The highest BCUT2D eigenvalue weighted by Crippen LogP contribution is 2.24. The van der Waals surface area contributed by atoms with Gasteiger partial charge in [0.25, 0.3) is 10.1 Å². The molecule has 0 aromatic heterocycles. The van der Waals surface area contributed by atoms with Gasteiger partial charge in [-0.25, -0.2) is 9.59 Å². The van der Waals surface area contributed by atoms with Crippen molar-refractivity contribution in [3.8, 4) is 0 Å². The molecular formula is C45H66Cl2N4O11S. The highest BCUT2D eigenvalue weighted by Gasteiger charge is 2.38. The van der Waals surface area contributed by atoms with Gasteiger partial charge in [-0.05, 0) is 115 Å². The summed E-state index contributed by atoms with van der Waals surface area (Å²) in [5, 5.41) is 4.07. The molecule has 0 aliphatic carbocycles. The second-order valence-corrected chi connectivity index (χ2v) is 20.8. The average molecular weight is 942 g/mol. The number of rotatable bonds is 9. The van der Waals surface area contributed by atoms with Crippen LogP contribution in [0.2, 0.25) is 10.0 Å². The molecule has 4 amide bonds. The van der Waals surface area contributed by atoms with Crippen molar-refractivity contribution in [1.82, 2.24) is 20.0 Å². The molecule has 18 heteroatoms. The van der Waals surface area contributed by atoms with Gasteiger partial charge in [0, 0.05) is 42.5 Å². The Morgan fingerprint density at radius 2 is 1.21 bits per heavy atom. The van der Waals surface area contributed by atoms with E-state index in [-0.39, 0.29) is 55.9 Å². The van der Waals surface area contributed by atoms with Crippen LogP contribution < -0.4 is 5.32 Å². The minimum atomic E-state index is -3.58. The molecule has 2 aromatic carbocycles. The van der Waals surface area contributed by atoms with Crippen molar-refractivity contribution in [1.29, 1.82) is 0 Å². The van der Waals surface area contributed by atoms with Crippen molar-refractivity contribution < 1.29 is 50.7 Å². The van der Waals surface area contributed by atoms with Gasteiger partial charge >= 0.3 is 12.2 Å². The Balaban J connectivity index is 0.000000240. The normalized spacial score (nSPS) is 22.1. The number of amides is 4. The molecule has 4 saturated heterocycles. The fourth-order valence-corrected chi connectivity index (χ4v) is 7.82. The third-order valence-corrected chi connectivity index (χ3v) is 11.3. The predicted molar refractivity (Wildman–Crippen MR) is 241 cm³/mol. The first-order valence-electron chi connectivity index (χ1n) is 21.6. The lowest BCUT2D eigenvalue weighted by Crippen LogP contribution is -2.57. The van der Waals surface area contributed by atoms with Crippen molar-refractivity contribution in [3.05, 3.63) is 69.7 Å². The van der Waals surface area contributed by atoms with E-state index in [1.165, 1.54) is 0 Å². The molecule has 15 nitrogen and oxygen atoms in total. The second-order valence-electron chi connectivity index (χ2n) is 18.2. The van der Waals surface area contributed by atoms with Crippen molar-refractivity contribution in [2.24, 2.45) is 0 Å². The number of nitrogens with zero attached hydrogens (tertiary/aromatic N) is 3. The Hall–Kier alpha value is -3.67. The molecule has 4 atom stereocenters. The molecule has 0 spiro atoms. The number of hydrogen-bond acceptors (Lipinski definition) is 11. The highest BCUT2D eigenvalue weighted by molar-refractivity contribution is 7.85. The Labute approximate surface area is 383 Å². The number of benzene rings is 2. The van der Waals surface area contributed by atoms with Gasteiger partial charge in [-0.1, -0.05) is 47.5 Å². The lowest BCUT2D eigenvalue weighted by Gasteiger charge is -2.42. The van der Waals surface area contributed by atoms with Crippen molar-refractivity contribution in [2.75, 3.05) is 58.8 Å². The monoisotopic (exact) mass is 940 g/mol. The Morgan fingerprint density at radius 1 is 0.730 bits per heavy atom. The lowest BCUT2D eigenvalue weighted by atomic mass is 10.0. The zero-order valence-corrected chi connectivity index (χ0v) is 40.1. The number of carbonyl (C=O) groups excluding carboxylic acids is 4. The molecule has 0 saturated carbocycles. The molecule has 63 heavy (non-hydrogen) atoms. The smallest absolute Gasteiger partial charge is 0.410 e. The van der Waals surface area contributed by atoms with E-state index in [0.717, 1.165) is 62.6 Å². The van der Waals surface area contributed by atoms with Crippen molar-refractivity contribution in [3.63, 3.8) is 0 Å². The third kappa shape index (κ3) is 19.5. The van der Waals surface area contributed by atoms with E-state index in [9.17, 15) is 27.6 Å². The molecule has 1 N–H and O–H groups in total. The average Bonchev–Trinajstić information content (AvgIpc) is 3.20. The van der Waals surface area contributed by atoms with Crippen LogP contribution in [0.25, 0.3) is 0 Å². The molecule has 6 rings (SSSR count). The van der Waals surface area contributed by atoms with Crippen LogP contribution in [0.3, 0.4) is 0 Å². The molecule has 0 bridgehead atoms. The summed E-state index contributed by atoms with van der Waals surface area (Å²) in [7, 11) is -3.58. The van der Waals surface area contributed by atoms with Crippen LogP contribution in [-0.2, 0) is 55.7 Å². The van der Waals surface area contributed by atoms with Crippen LogP contribution in [-0.4, -0.2) is 141 Å². The van der Waals surface area contributed by atoms with Crippen LogP contribution in [0.1, 0.15) is 91.2 Å². The van der Waals surface area contributed by atoms with Crippen LogP contribution in [0.15, 0.2) is 48.5 Å². The summed E-state index contributed by atoms with van der Waals surface area (Å²) < 4.78 is 50.2. The second kappa shape index (κ2) is 24.0.